The van der Waals surface area contributed by atoms with Crippen LogP contribution in [0.4, 0.5) is 4.79 Å². The van der Waals surface area contributed by atoms with Crippen molar-refractivity contribution in [1.82, 2.24) is 10.2 Å². The predicted octanol–water partition coefficient (Wildman–Crippen LogP) is 1.70. The molecule has 0 aliphatic carbocycles. The molecule has 0 radical (unpaired) electrons. The van der Waals surface area contributed by atoms with E-state index in [0.717, 1.165) is 6.42 Å². The van der Waals surface area contributed by atoms with Crippen LogP contribution in [0, 0.1) is 5.92 Å². The highest BCUT2D eigenvalue weighted by atomic mass is 16.5. The summed E-state index contributed by atoms with van der Waals surface area (Å²) in [5, 5.41) is 11.6. The van der Waals surface area contributed by atoms with Crippen LogP contribution < -0.4 is 5.32 Å². The number of amides is 2. The first-order chi connectivity index (χ1) is 9.23. The number of carboxylic acids is 1. The summed E-state index contributed by atoms with van der Waals surface area (Å²) in [6, 6.07) is -0.142. The van der Waals surface area contributed by atoms with Gasteiger partial charge in [0.25, 0.3) is 0 Å². The number of morpholine rings is 1. The fourth-order valence-electron chi connectivity index (χ4n) is 2.56. The first-order valence-corrected chi connectivity index (χ1v) is 7.16. The maximum Gasteiger partial charge on any atom is 0.317 e. The van der Waals surface area contributed by atoms with Crippen LogP contribution in [0.3, 0.4) is 0 Å². The van der Waals surface area contributed by atoms with E-state index >= 15 is 0 Å². The second kappa shape index (κ2) is 6.92. The molecule has 0 aromatic carbocycles. The fourth-order valence-corrected chi connectivity index (χ4v) is 2.56. The van der Waals surface area contributed by atoms with Crippen molar-refractivity contribution in [2.45, 2.75) is 52.2 Å². The van der Waals surface area contributed by atoms with Gasteiger partial charge in [-0.2, -0.15) is 0 Å². The molecule has 0 aromatic heterocycles. The summed E-state index contributed by atoms with van der Waals surface area (Å²) >= 11 is 0. The van der Waals surface area contributed by atoms with E-state index in [1.54, 1.807) is 4.90 Å². The lowest BCUT2D eigenvalue weighted by molar-refractivity contribution is -0.138. The summed E-state index contributed by atoms with van der Waals surface area (Å²) in [7, 11) is 0. The van der Waals surface area contributed by atoms with Gasteiger partial charge in [-0.25, -0.2) is 4.79 Å². The smallest absolute Gasteiger partial charge is 0.317 e. The van der Waals surface area contributed by atoms with E-state index in [1.807, 2.05) is 27.7 Å². The normalized spacial score (nSPS) is 23.2. The van der Waals surface area contributed by atoms with Crippen LogP contribution in [0.5, 0.6) is 0 Å². The SMILES string of the molecule is CCC(CNC(=O)N1CC(C)OC(C)(C)C1)CC(=O)O. The minimum atomic E-state index is -0.827. The van der Waals surface area contributed by atoms with E-state index in [9.17, 15) is 9.59 Å². The molecule has 1 aliphatic heterocycles. The third-order valence-corrected chi connectivity index (χ3v) is 3.44. The van der Waals surface area contributed by atoms with Crippen molar-refractivity contribution in [3.63, 3.8) is 0 Å². The number of hydrogen-bond acceptors (Lipinski definition) is 3. The number of carbonyl (C=O) groups is 2. The van der Waals surface area contributed by atoms with Crippen LogP contribution in [0.15, 0.2) is 0 Å². The van der Waals surface area contributed by atoms with Gasteiger partial charge in [-0.05, 0) is 26.7 Å². The van der Waals surface area contributed by atoms with Gasteiger partial charge in [-0.1, -0.05) is 13.3 Å². The van der Waals surface area contributed by atoms with Gasteiger partial charge >= 0.3 is 12.0 Å². The van der Waals surface area contributed by atoms with Crippen molar-refractivity contribution in [2.24, 2.45) is 5.92 Å². The average molecular weight is 286 g/mol. The van der Waals surface area contributed by atoms with Crippen molar-refractivity contribution >= 4 is 12.0 Å². The number of ether oxygens (including phenoxy) is 1. The third-order valence-electron chi connectivity index (χ3n) is 3.44. The number of urea groups is 1. The molecule has 1 saturated heterocycles. The van der Waals surface area contributed by atoms with Gasteiger partial charge in [0.2, 0.25) is 0 Å². The van der Waals surface area contributed by atoms with Gasteiger partial charge in [-0.15, -0.1) is 0 Å². The lowest BCUT2D eigenvalue weighted by Gasteiger charge is -2.41. The van der Waals surface area contributed by atoms with Crippen LogP contribution in [0.2, 0.25) is 0 Å². The summed E-state index contributed by atoms with van der Waals surface area (Å²) in [5.41, 5.74) is -0.347. The summed E-state index contributed by atoms with van der Waals surface area (Å²) in [6.45, 7) is 9.29. The second-order valence-corrected chi connectivity index (χ2v) is 6.13. The van der Waals surface area contributed by atoms with E-state index in [0.29, 0.717) is 19.6 Å². The largest absolute Gasteiger partial charge is 0.481 e. The number of nitrogens with zero attached hydrogens (tertiary/aromatic N) is 1. The molecule has 2 amide bonds. The molecular formula is C14H26N2O4. The summed E-state index contributed by atoms with van der Waals surface area (Å²) < 4.78 is 5.75. The molecule has 1 heterocycles. The fraction of sp³-hybridized carbons (Fsp3) is 0.857. The molecule has 6 nitrogen and oxygen atoms in total. The highest BCUT2D eigenvalue weighted by molar-refractivity contribution is 5.74. The van der Waals surface area contributed by atoms with Gasteiger partial charge < -0.3 is 20.1 Å². The maximum absolute atomic E-state index is 12.1. The molecule has 0 spiro atoms. The number of carboxylic acid groups (broad SMARTS) is 1. The Morgan fingerprint density at radius 2 is 2.15 bits per heavy atom. The van der Waals surface area contributed by atoms with Crippen molar-refractivity contribution < 1.29 is 19.4 Å². The average Bonchev–Trinajstić information content (AvgIpc) is 2.30. The Morgan fingerprint density at radius 1 is 1.50 bits per heavy atom. The molecule has 20 heavy (non-hydrogen) atoms. The van der Waals surface area contributed by atoms with Gasteiger partial charge in [0, 0.05) is 19.5 Å². The Kier molecular flexibility index (Phi) is 5.80. The maximum atomic E-state index is 12.1. The number of nitrogens with one attached hydrogen (secondary N) is 1. The molecular weight excluding hydrogens is 260 g/mol. The Hall–Kier alpha value is -1.30. The molecule has 6 heteroatoms. The third kappa shape index (κ3) is 5.36. The first-order valence-electron chi connectivity index (χ1n) is 7.16. The topological polar surface area (TPSA) is 78.9 Å². The van der Waals surface area contributed by atoms with Gasteiger partial charge in [0.1, 0.15) is 0 Å². The number of carbonyl (C=O) groups excluding carboxylic acids is 1. The monoisotopic (exact) mass is 286 g/mol. The number of rotatable bonds is 5. The molecule has 2 N–H and O–H groups in total. The lowest BCUT2D eigenvalue weighted by atomic mass is 10.0. The zero-order valence-electron chi connectivity index (χ0n) is 12.8. The van der Waals surface area contributed by atoms with Crippen LogP contribution in [0.25, 0.3) is 0 Å². The minimum Gasteiger partial charge on any atom is -0.481 e. The minimum absolute atomic E-state index is 0.00508. The molecule has 1 rings (SSSR count). The van der Waals surface area contributed by atoms with Crippen LogP contribution in [-0.2, 0) is 9.53 Å². The van der Waals surface area contributed by atoms with Crippen LogP contribution >= 0.6 is 0 Å². The summed E-state index contributed by atoms with van der Waals surface area (Å²) in [6.07, 6.45) is 0.824. The Bertz CT molecular complexity index is 357. The molecule has 0 bridgehead atoms. The molecule has 2 unspecified atom stereocenters. The summed E-state index contributed by atoms with van der Waals surface area (Å²) in [4.78, 5) is 24.6. The lowest BCUT2D eigenvalue weighted by Crippen LogP contribution is -2.56. The van der Waals surface area contributed by atoms with Gasteiger partial charge in [0.15, 0.2) is 0 Å². The van der Waals surface area contributed by atoms with Crippen LogP contribution in [0.1, 0.15) is 40.5 Å². The molecule has 0 aromatic rings. The zero-order chi connectivity index (χ0) is 15.3. The molecule has 0 saturated carbocycles. The molecule has 1 aliphatic rings. The number of hydrogen-bond donors (Lipinski definition) is 2. The molecule has 116 valence electrons. The highest BCUT2D eigenvalue weighted by Gasteiger charge is 2.33. The molecule has 1 fully saturated rings. The quantitative estimate of drug-likeness (QED) is 0.806. The van der Waals surface area contributed by atoms with E-state index in [1.165, 1.54) is 0 Å². The molecule has 2 atom stereocenters. The van der Waals surface area contributed by atoms with E-state index in [-0.39, 0.29) is 30.1 Å². The summed E-state index contributed by atoms with van der Waals surface area (Å²) in [5.74, 6) is -0.852. The zero-order valence-corrected chi connectivity index (χ0v) is 12.8. The highest BCUT2D eigenvalue weighted by Crippen LogP contribution is 2.20. The Labute approximate surface area is 120 Å². The predicted molar refractivity (Wildman–Crippen MR) is 75.6 cm³/mol. The first kappa shape index (κ1) is 16.8. The van der Waals surface area contributed by atoms with E-state index in [4.69, 9.17) is 9.84 Å². The van der Waals surface area contributed by atoms with Gasteiger partial charge in [-0.3, -0.25) is 4.79 Å². The van der Waals surface area contributed by atoms with Crippen LogP contribution in [-0.4, -0.2) is 53.3 Å². The van der Waals surface area contributed by atoms with Crippen molar-refractivity contribution in [3.8, 4) is 0 Å². The Balaban J connectivity index is 2.47. The van der Waals surface area contributed by atoms with Crippen molar-refractivity contribution in [3.05, 3.63) is 0 Å². The Morgan fingerprint density at radius 3 is 2.65 bits per heavy atom. The van der Waals surface area contributed by atoms with Crippen molar-refractivity contribution in [2.75, 3.05) is 19.6 Å². The van der Waals surface area contributed by atoms with E-state index < -0.39 is 5.97 Å². The second-order valence-electron chi connectivity index (χ2n) is 6.13. The van der Waals surface area contributed by atoms with Crippen molar-refractivity contribution in [1.29, 1.82) is 0 Å². The number of aliphatic carboxylic acids is 1. The van der Waals surface area contributed by atoms with E-state index in [2.05, 4.69) is 5.32 Å². The van der Waals surface area contributed by atoms with Gasteiger partial charge in [0.05, 0.1) is 18.2 Å². The standard InChI is InChI=1S/C14H26N2O4/c1-5-11(6-12(17)18)7-15-13(19)16-8-10(2)20-14(3,4)9-16/h10-11H,5-9H2,1-4H3,(H,15,19)(H,17,18).